The third-order valence-electron chi connectivity index (χ3n) is 4.65. The zero-order chi connectivity index (χ0) is 20.2. The molecule has 0 aliphatic rings. The average Bonchev–Trinajstić information content (AvgIpc) is 3.18. The Kier molecular flexibility index (Phi) is 5.69. The Morgan fingerprint density at radius 3 is 2.72 bits per heavy atom. The molecule has 1 unspecified atom stereocenters. The van der Waals surface area contributed by atoms with Gasteiger partial charge in [-0.2, -0.15) is 4.98 Å². The van der Waals surface area contributed by atoms with Gasteiger partial charge >= 0.3 is 5.16 Å². The van der Waals surface area contributed by atoms with Crippen molar-refractivity contribution in [3.63, 3.8) is 0 Å². The van der Waals surface area contributed by atoms with Crippen LogP contribution in [0.2, 0.25) is 0 Å². The third-order valence-corrected chi connectivity index (χ3v) is 5.81. The van der Waals surface area contributed by atoms with E-state index >= 15 is 0 Å². The number of H-pyrrole nitrogens is 1. The Bertz CT molecular complexity index is 1110. The van der Waals surface area contributed by atoms with Gasteiger partial charge in [-0.25, -0.2) is 0 Å². The fourth-order valence-corrected chi connectivity index (χ4v) is 4.09. The molecule has 0 aliphatic carbocycles. The van der Waals surface area contributed by atoms with Crippen molar-refractivity contribution in [1.82, 2.24) is 15.0 Å². The Morgan fingerprint density at radius 2 is 1.93 bits per heavy atom. The first-order valence-electron chi connectivity index (χ1n) is 9.17. The number of methoxy groups -OCH3 is 1. The van der Waals surface area contributed by atoms with Crippen LogP contribution in [-0.4, -0.2) is 26.6 Å². The Labute approximate surface area is 172 Å². The van der Waals surface area contributed by atoms with Crippen LogP contribution in [0.1, 0.15) is 16.8 Å². The molecule has 0 radical (unpaired) electrons. The topological polar surface area (TPSA) is 83.1 Å². The Balaban J connectivity index is 1.50. The Morgan fingerprint density at radius 1 is 1.10 bits per heavy atom. The van der Waals surface area contributed by atoms with E-state index in [-0.39, 0.29) is 5.75 Å². The molecule has 0 spiro atoms. The van der Waals surface area contributed by atoms with Gasteiger partial charge in [-0.1, -0.05) is 30.3 Å². The highest BCUT2D eigenvalue weighted by molar-refractivity contribution is 7.90. The summed E-state index contributed by atoms with van der Waals surface area (Å²) < 4.78 is 24.1. The summed E-state index contributed by atoms with van der Waals surface area (Å²) in [7, 11) is 1.61. The van der Waals surface area contributed by atoms with Crippen LogP contribution in [0.4, 0.5) is 0 Å². The monoisotopic (exact) mass is 407 g/mol. The van der Waals surface area contributed by atoms with Gasteiger partial charge in [-0.3, -0.25) is 9.97 Å². The van der Waals surface area contributed by atoms with Gasteiger partial charge in [0.2, 0.25) is 0 Å². The summed E-state index contributed by atoms with van der Waals surface area (Å²) in [5.41, 5.74) is 4.24. The van der Waals surface area contributed by atoms with Gasteiger partial charge in [-0.05, 0) is 30.7 Å². The molecule has 6 nitrogen and oxygen atoms in total. The molecule has 1 atom stereocenters. The standard InChI is InChI=1S/C22H21N3O3S/c1-15-20(23-11-10-21(15)28-13-16-6-4-3-5-7-16)14-29(26)22-24-18-9-8-17(27-2)12-19(18)25-22/h3-12H,13-14H2,1-2H3,(H,24,25). The average molecular weight is 407 g/mol. The zero-order valence-electron chi connectivity index (χ0n) is 16.2. The van der Waals surface area contributed by atoms with Gasteiger partial charge in [0.25, 0.3) is 0 Å². The quantitative estimate of drug-likeness (QED) is 0.465. The molecule has 0 bridgehead atoms. The van der Waals surface area contributed by atoms with Gasteiger partial charge in [-0.15, -0.1) is 0 Å². The maximum atomic E-state index is 12.9. The summed E-state index contributed by atoms with van der Waals surface area (Å²) in [6.45, 7) is 2.41. The maximum Gasteiger partial charge on any atom is 0.322 e. The molecule has 0 aliphatic heterocycles. The molecule has 2 aromatic carbocycles. The molecule has 0 saturated heterocycles. The van der Waals surface area contributed by atoms with Crippen LogP contribution in [0, 0.1) is 6.92 Å². The van der Waals surface area contributed by atoms with Crippen molar-refractivity contribution < 1.29 is 14.0 Å². The summed E-state index contributed by atoms with van der Waals surface area (Å²) >= 11 is -1.36. The molecule has 0 amide bonds. The van der Waals surface area contributed by atoms with Crippen molar-refractivity contribution in [1.29, 1.82) is 0 Å². The molecule has 0 fully saturated rings. The molecule has 2 aromatic heterocycles. The number of nitrogens with zero attached hydrogens (tertiary/aromatic N) is 2. The highest BCUT2D eigenvalue weighted by atomic mass is 32.2. The second-order valence-electron chi connectivity index (χ2n) is 6.57. The molecule has 148 valence electrons. The number of benzene rings is 2. The van der Waals surface area contributed by atoms with Gasteiger partial charge in [0, 0.05) is 29.0 Å². The minimum Gasteiger partial charge on any atom is -0.609 e. The number of fused-ring (bicyclic) bond motifs is 1. The summed E-state index contributed by atoms with van der Waals surface area (Å²) in [6, 6.07) is 17.3. The third kappa shape index (κ3) is 4.36. The number of imidazole rings is 1. The van der Waals surface area contributed by atoms with Crippen molar-refractivity contribution >= 4 is 22.2 Å². The van der Waals surface area contributed by atoms with Gasteiger partial charge in [0.1, 0.15) is 18.1 Å². The first-order chi connectivity index (χ1) is 14.1. The largest absolute Gasteiger partial charge is 0.609 e. The predicted molar refractivity (Wildman–Crippen MR) is 113 cm³/mol. The lowest BCUT2D eigenvalue weighted by Crippen LogP contribution is -2.10. The van der Waals surface area contributed by atoms with Crippen LogP contribution in [0.25, 0.3) is 11.0 Å². The fraction of sp³-hybridized carbons (Fsp3) is 0.182. The molecule has 7 heteroatoms. The van der Waals surface area contributed by atoms with Crippen LogP contribution in [0.3, 0.4) is 0 Å². The van der Waals surface area contributed by atoms with E-state index in [1.807, 2.05) is 61.5 Å². The molecule has 1 N–H and O–H groups in total. The van der Waals surface area contributed by atoms with E-state index < -0.39 is 11.2 Å². The van der Waals surface area contributed by atoms with Crippen molar-refractivity contribution in [2.75, 3.05) is 7.11 Å². The first-order valence-corrected chi connectivity index (χ1v) is 10.5. The van der Waals surface area contributed by atoms with Crippen molar-refractivity contribution in [2.45, 2.75) is 24.4 Å². The number of nitrogens with one attached hydrogen (secondary N) is 1. The highest BCUT2D eigenvalue weighted by Crippen LogP contribution is 2.25. The molecule has 4 aromatic rings. The van der Waals surface area contributed by atoms with Crippen molar-refractivity contribution in [3.05, 3.63) is 77.6 Å². The molecular formula is C22H21N3O3S. The fourth-order valence-electron chi connectivity index (χ4n) is 2.99. The number of aromatic amines is 1. The number of ether oxygens (including phenoxy) is 2. The summed E-state index contributed by atoms with van der Waals surface area (Å²) in [6.07, 6.45) is 1.68. The summed E-state index contributed by atoms with van der Waals surface area (Å²) in [4.78, 5) is 12.0. The van der Waals surface area contributed by atoms with E-state index in [4.69, 9.17) is 9.47 Å². The van der Waals surface area contributed by atoms with Gasteiger partial charge in [0.15, 0.2) is 5.75 Å². The van der Waals surface area contributed by atoms with E-state index in [0.29, 0.717) is 17.5 Å². The minimum absolute atomic E-state index is 0.255. The lowest BCUT2D eigenvalue weighted by atomic mass is 10.2. The summed E-state index contributed by atoms with van der Waals surface area (Å²) in [5, 5.41) is 0.421. The molecule has 29 heavy (non-hydrogen) atoms. The number of rotatable bonds is 7. The van der Waals surface area contributed by atoms with E-state index in [9.17, 15) is 4.55 Å². The molecule has 4 rings (SSSR count). The smallest absolute Gasteiger partial charge is 0.322 e. The molecule has 2 heterocycles. The normalized spacial score (nSPS) is 12.1. The number of pyridine rings is 1. The van der Waals surface area contributed by atoms with Crippen LogP contribution in [-0.2, 0) is 23.5 Å². The number of aromatic nitrogens is 3. The second-order valence-corrected chi connectivity index (χ2v) is 7.94. The summed E-state index contributed by atoms with van der Waals surface area (Å²) in [5.74, 6) is 1.71. The van der Waals surface area contributed by atoms with E-state index in [0.717, 1.165) is 33.6 Å². The number of hydrogen-bond acceptors (Lipinski definition) is 5. The maximum absolute atomic E-state index is 12.9. The van der Waals surface area contributed by atoms with Gasteiger partial charge < -0.3 is 14.0 Å². The van der Waals surface area contributed by atoms with E-state index in [1.165, 1.54) is 0 Å². The Hall–Kier alpha value is -3.03. The van der Waals surface area contributed by atoms with E-state index in [1.54, 1.807) is 13.3 Å². The molecule has 0 saturated carbocycles. The SMILES string of the molecule is COc1ccc2[nH]c([S+]([O-])Cc3nccc(OCc4ccccc4)c3C)nc2c1. The van der Waals surface area contributed by atoms with Crippen LogP contribution >= 0.6 is 0 Å². The second kappa shape index (κ2) is 8.55. The highest BCUT2D eigenvalue weighted by Gasteiger charge is 2.20. The van der Waals surface area contributed by atoms with E-state index in [2.05, 4.69) is 15.0 Å². The zero-order valence-corrected chi connectivity index (χ0v) is 17.0. The first kappa shape index (κ1) is 19.3. The van der Waals surface area contributed by atoms with Crippen LogP contribution in [0.5, 0.6) is 11.5 Å². The minimum atomic E-state index is -1.36. The van der Waals surface area contributed by atoms with Gasteiger partial charge in [0.05, 0.1) is 23.8 Å². The van der Waals surface area contributed by atoms with Crippen molar-refractivity contribution in [3.8, 4) is 11.5 Å². The van der Waals surface area contributed by atoms with Crippen molar-refractivity contribution in [2.24, 2.45) is 0 Å². The molecular weight excluding hydrogens is 386 g/mol. The van der Waals surface area contributed by atoms with Crippen LogP contribution in [0.15, 0.2) is 66.0 Å². The predicted octanol–water partition coefficient (Wildman–Crippen LogP) is 4.16. The lowest BCUT2D eigenvalue weighted by Gasteiger charge is -2.13. The van der Waals surface area contributed by atoms with Crippen LogP contribution < -0.4 is 9.47 Å². The lowest BCUT2D eigenvalue weighted by molar-refractivity contribution is 0.303. The number of hydrogen-bond donors (Lipinski definition) is 1.